The zero-order valence-electron chi connectivity index (χ0n) is 26.3. The number of amides is 3. The maximum Gasteiger partial charge on any atom is 0.407 e. The van der Waals surface area contributed by atoms with E-state index in [1.54, 1.807) is 0 Å². The Kier molecular flexibility index (Phi) is 12.5. The Morgan fingerprint density at radius 2 is 1.62 bits per heavy atom. The summed E-state index contributed by atoms with van der Waals surface area (Å²) in [4.78, 5) is 48.1. The Bertz CT molecular complexity index is 1670. The lowest BCUT2D eigenvalue weighted by atomic mass is 10.0. The highest BCUT2D eigenvalue weighted by atomic mass is 32.2. The summed E-state index contributed by atoms with van der Waals surface area (Å²) in [6.07, 6.45) is -1.75. The number of rotatable bonds is 14. The molecule has 4 rings (SSSR count). The number of nitro benzene ring substituents is 1. The van der Waals surface area contributed by atoms with Crippen LogP contribution in [0.25, 0.3) is 11.1 Å². The van der Waals surface area contributed by atoms with Crippen molar-refractivity contribution in [2.24, 2.45) is 0 Å². The van der Waals surface area contributed by atoms with Crippen LogP contribution in [-0.2, 0) is 30.5 Å². The van der Waals surface area contributed by atoms with E-state index in [0.717, 1.165) is 45.9 Å². The minimum absolute atomic E-state index is 0.0595. The molecule has 14 nitrogen and oxygen atoms in total. The number of nitrogens with zero attached hydrogens (tertiary/aromatic N) is 2. The van der Waals surface area contributed by atoms with Gasteiger partial charge in [-0.3, -0.25) is 14.9 Å². The molecule has 256 valence electrons. The minimum atomic E-state index is -3.92. The number of benzene rings is 3. The highest BCUT2D eigenvalue weighted by Gasteiger charge is 2.34. The van der Waals surface area contributed by atoms with E-state index < -0.39 is 56.9 Å². The summed E-state index contributed by atoms with van der Waals surface area (Å²) in [7, 11) is -2.71. The summed E-state index contributed by atoms with van der Waals surface area (Å²) in [6, 6.07) is 21.1. The van der Waals surface area contributed by atoms with Crippen molar-refractivity contribution in [2.75, 3.05) is 32.5 Å². The molecule has 0 aliphatic carbocycles. The fourth-order valence-electron chi connectivity index (χ4n) is 5.39. The molecule has 48 heavy (non-hydrogen) atoms. The topological polar surface area (TPSA) is 194 Å². The van der Waals surface area contributed by atoms with Gasteiger partial charge in [0.2, 0.25) is 5.91 Å². The van der Waals surface area contributed by atoms with E-state index in [1.165, 1.54) is 7.11 Å². The molecule has 0 radical (unpaired) electrons. The molecule has 3 N–H and O–H groups in total. The van der Waals surface area contributed by atoms with Gasteiger partial charge >= 0.3 is 12.2 Å². The van der Waals surface area contributed by atoms with Crippen LogP contribution < -0.4 is 10.6 Å². The fourth-order valence-corrected chi connectivity index (χ4v) is 6.81. The number of unbranched alkanes of at least 4 members (excludes halogenated alkanes) is 1. The molecular weight excluding hydrogens is 644 g/mol. The van der Waals surface area contributed by atoms with Gasteiger partial charge in [-0.05, 0) is 48.1 Å². The summed E-state index contributed by atoms with van der Waals surface area (Å²) >= 11 is 0. The molecule has 2 unspecified atom stereocenters. The van der Waals surface area contributed by atoms with Crippen LogP contribution in [0.15, 0.2) is 83.8 Å². The molecule has 0 aromatic heterocycles. The average Bonchev–Trinajstić information content (AvgIpc) is 3.08. The van der Waals surface area contributed by atoms with Gasteiger partial charge in [0.05, 0.1) is 48.0 Å². The second-order valence-corrected chi connectivity index (χ2v) is 13.4. The van der Waals surface area contributed by atoms with Crippen LogP contribution >= 0.6 is 0 Å². The maximum atomic E-state index is 13.0. The SMILES string of the molecule is COC(=O)N[C@@H](Cc1ccc(-c2ccccc2)cc1)C(=O)NCCCCC1CN(C(=O)O)CC(CS(=O)(=O)c2ccc([N+](=O)[O-])cc2)O1. The van der Waals surface area contributed by atoms with Crippen molar-refractivity contribution in [3.8, 4) is 11.1 Å². The van der Waals surface area contributed by atoms with Gasteiger partial charge in [-0.15, -0.1) is 0 Å². The molecule has 1 heterocycles. The molecular formula is C33H38N4O10S. The number of hydrogen-bond donors (Lipinski definition) is 3. The summed E-state index contributed by atoms with van der Waals surface area (Å²) in [5, 5.41) is 25.9. The number of carboxylic acid groups (broad SMARTS) is 1. The molecule has 0 bridgehead atoms. The highest BCUT2D eigenvalue weighted by molar-refractivity contribution is 7.91. The average molecular weight is 683 g/mol. The summed E-state index contributed by atoms with van der Waals surface area (Å²) in [6.45, 7) is 0.195. The Morgan fingerprint density at radius 3 is 2.25 bits per heavy atom. The van der Waals surface area contributed by atoms with E-state index in [0.29, 0.717) is 19.3 Å². The Morgan fingerprint density at radius 1 is 0.979 bits per heavy atom. The van der Waals surface area contributed by atoms with E-state index in [1.807, 2.05) is 54.6 Å². The molecule has 1 saturated heterocycles. The van der Waals surface area contributed by atoms with Gasteiger partial charge in [-0.2, -0.15) is 0 Å². The predicted molar refractivity (Wildman–Crippen MR) is 175 cm³/mol. The molecule has 3 atom stereocenters. The first kappa shape index (κ1) is 35.8. The zero-order valence-corrected chi connectivity index (χ0v) is 27.1. The van der Waals surface area contributed by atoms with Crippen LogP contribution in [0.5, 0.6) is 0 Å². The maximum absolute atomic E-state index is 13.0. The number of ether oxygens (including phenoxy) is 2. The number of nitro groups is 1. The normalized spacial score (nSPS) is 16.8. The third kappa shape index (κ3) is 10.2. The van der Waals surface area contributed by atoms with Gasteiger partial charge in [0, 0.05) is 25.1 Å². The lowest BCUT2D eigenvalue weighted by Gasteiger charge is -2.36. The largest absolute Gasteiger partial charge is 0.465 e. The molecule has 3 aromatic carbocycles. The number of nitrogens with one attached hydrogen (secondary N) is 2. The van der Waals surface area contributed by atoms with E-state index in [2.05, 4.69) is 10.6 Å². The summed E-state index contributed by atoms with van der Waals surface area (Å²) < 4.78 is 36.6. The molecule has 1 aliphatic heterocycles. The second kappa shape index (κ2) is 16.7. The van der Waals surface area contributed by atoms with Crippen LogP contribution in [0.2, 0.25) is 0 Å². The van der Waals surface area contributed by atoms with Gasteiger partial charge in [-0.25, -0.2) is 18.0 Å². The molecule has 15 heteroatoms. The first-order chi connectivity index (χ1) is 22.9. The number of carbonyl (C=O) groups is 3. The van der Waals surface area contributed by atoms with Crippen LogP contribution in [0.4, 0.5) is 15.3 Å². The molecule has 0 spiro atoms. The van der Waals surface area contributed by atoms with Crippen molar-refractivity contribution >= 4 is 33.6 Å². The van der Waals surface area contributed by atoms with Crippen LogP contribution in [0, 0.1) is 10.1 Å². The van der Waals surface area contributed by atoms with E-state index in [4.69, 9.17) is 9.47 Å². The number of methoxy groups -OCH3 is 1. The fraction of sp³-hybridized carbons (Fsp3) is 0.364. The standard InChI is InChI=1S/C33H38N4O10S/c1-46-32(39)35-30(19-23-10-12-25(13-11-23)24-7-3-2-4-8-24)31(38)34-18-6-5-9-27-20-36(33(40)41)21-28(47-27)22-48(44,45)29-16-14-26(15-17-29)37(42)43/h2-4,7-8,10-17,27-28,30H,5-6,9,18-22H2,1H3,(H,34,38)(H,35,39)(H,40,41)/t27?,28?,30-/m0/s1. The van der Waals surface area contributed by atoms with Crippen molar-refractivity contribution in [1.29, 1.82) is 0 Å². The summed E-state index contributed by atoms with van der Waals surface area (Å²) in [5.74, 6) is -0.889. The quantitative estimate of drug-likeness (QED) is 0.127. The monoisotopic (exact) mass is 682 g/mol. The van der Waals surface area contributed by atoms with E-state index in [-0.39, 0.29) is 36.6 Å². The Balaban J connectivity index is 1.28. The van der Waals surface area contributed by atoms with E-state index >= 15 is 0 Å². The lowest BCUT2D eigenvalue weighted by Crippen LogP contribution is -2.51. The van der Waals surface area contributed by atoms with Gasteiger partial charge < -0.3 is 30.1 Å². The Labute approximate surface area is 278 Å². The van der Waals surface area contributed by atoms with Gasteiger partial charge in [-0.1, -0.05) is 54.6 Å². The highest BCUT2D eigenvalue weighted by Crippen LogP contribution is 2.23. The number of alkyl carbamates (subject to hydrolysis) is 1. The smallest absolute Gasteiger partial charge is 0.407 e. The van der Waals surface area contributed by atoms with Gasteiger partial charge in [0.15, 0.2) is 9.84 Å². The molecule has 1 aliphatic rings. The third-order valence-corrected chi connectivity index (χ3v) is 9.66. The van der Waals surface area contributed by atoms with Crippen molar-refractivity contribution < 1.29 is 42.3 Å². The van der Waals surface area contributed by atoms with Crippen molar-refractivity contribution in [2.45, 2.75) is 48.8 Å². The molecule has 0 saturated carbocycles. The number of morpholine rings is 1. The lowest BCUT2D eigenvalue weighted by molar-refractivity contribution is -0.384. The predicted octanol–water partition coefficient (Wildman–Crippen LogP) is 4.04. The minimum Gasteiger partial charge on any atom is -0.465 e. The van der Waals surface area contributed by atoms with Crippen molar-refractivity contribution in [3.63, 3.8) is 0 Å². The summed E-state index contributed by atoms with van der Waals surface area (Å²) in [5.41, 5.74) is 2.67. The van der Waals surface area contributed by atoms with Gasteiger partial charge in [0.1, 0.15) is 6.04 Å². The second-order valence-electron chi connectivity index (χ2n) is 11.3. The molecule has 3 amide bonds. The van der Waals surface area contributed by atoms with Crippen molar-refractivity contribution in [1.82, 2.24) is 15.5 Å². The molecule has 3 aromatic rings. The van der Waals surface area contributed by atoms with Crippen molar-refractivity contribution in [3.05, 3.63) is 94.5 Å². The van der Waals surface area contributed by atoms with Crippen LogP contribution in [0.3, 0.4) is 0 Å². The number of sulfone groups is 1. The van der Waals surface area contributed by atoms with E-state index in [9.17, 15) is 38.0 Å². The number of hydrogen-bond acceptors (Lipinski definition) is 9. The number of carbonyl (C=O) groups excluding carboxylic acids is 2. The van der Waals surface area contributed by atoms with Crippen LogP contribution in [0.1, 0.15) is 24.8 Å². The molecule has 1 fully saturated rings. The first-order valence-corrected chi connectivity index (χ1v) is 17.0. The number of non-ortho nitro benzene ring substituents is 1. The van der Waals surface area contributed by atoms with Crippen LogP contribution in [-0.4, -0.2) is 92.2 Å². The zero-order chi connectivity index (χ0) is 34.7. The third-order valence-electron chi connectivity index (χ3n) is 7.86. The first-order valence-electron chi connectivity index (χ1n) is 15.3. The van der Waals surface area contributed by atoms with Gasteiger partial charge in [0.25, 0.3) is 5.69 Å². The Hall–Kier alpha value is -5.02.